The smallest absolute Gasteiger partial charge is 0.325 e. The average Bonchev–Trinajstić information content (AvgIpc) is 3.09. The van der Waals surface area contributed by atoms with E-state index in [-0.39, 0.29) is 11.2 Å². The van der Waals surface area contributed by atoms with E-state index in [9.17, 15) is 14.4 Å². The Labute approximate surface area is 148 Å². The van der Waals surface area contributed by atoms with Gasteiger partial charge >= 0.3 is 5.97 Å². The molecule has 2 aromatic heterocycles. The van der Waals surface area contributed by atoms with Gasteiger partial charge in [-0.1, -0.05) is 30.3 Å². The van der Waals surface area contributed by atoms with E-state index in [1.165, 1.54) is 19.3 Å². The number of pyridine rings is 1. The van der Waals surface area contributed by atoms with Gasteiger partial charge in [0.1, 0.15) is 17.9 Å². The Hall–Kier alpha value is -3.42. The summed E-state index contributed by atoms with van der Waals surface area (Å²) in [5, 5.41) is 14.1. The summed E-state index contributed by atoms with van der Waals surface area (Å²) in [6, 6.07) is 10.1. The topological polar surface area (TPSA) is 117 Å². The van der Waals surface area contributed by atoms with Crippen LogP contribution in [0.4, 0.5) is 0 Å². The van der Waals surface area contributed by atoms with Crippen LogP contribution in [0.2, 0.25) is 0 Å². The predicted octanol–water partition coefficient (Wildman–Crippen LogP) is 1.01. The summed E-state index contributed by atoms with van der Waals surface area (Å²) < 4.78 is 1.57. The van der Waals surface area contributed by atoms with E-state index in [1.807, 2.05) is 30.3 Å². The van der Waals surface area contributed by atoms with Crippen molar-refractivity contribution >= 4 is 17.5 Å². The van der Waals surface area contributed by atoms with E-state index in [4.69, 9.17) is 5.11 Å². The molecule has 0 radical (unpaired) electrons. The number of amides is 1. The largest absolute Gasteiger partial charge is 0.480 e. The summed E-state index contributed by atoms with van der Waals surface area (Å²) in [6.07, 6.45) is 2.69. The Morgan fingerprint density at radius 1 is 1.27 bits per heavy atom. The molecule has 0 unspecified atom stereocenters. The second kappa shape index (κ2) is 7.22. The number of benzene rings is 1. The lowest BCUT2D eigenvalue weighted by molar-refractivity contribution is -0.138. The molecule has 3 N–H and O–H groups in total. The number of carboxylic acid groups (broad SMARTS) is 1. The Balaban J connectivity index is 1.92. The van der Waals surface area contributed by atoms with Crippen molar-refractivity contribution in [2.45, 2.75) is 25.8 Å². The Kier molecular flexibility index (Phi) is 4.83. The molecule has 0 saturated carbocycles. The molecule has 0 bridgehead atoms. The molecule has 0 aliphatic heterocycles. The SMILES string of the molecule is C[C@@H](NC(=O)c1c(=O)cc(CCc2ccccc2)n2[nH]cnc12)C(=O)O. The third-order valence-corrected chi connectivity index (χ3v) is 4.10. The van der Waals surface area contributed by atoms with Crippen molar-refractivity contribution in [3.8, 4) is 0 Å². The third-order valence-electron chi connectivity index (χ3n) is 4.10. The molecule has 134 valence electrons. The van der Waals surface area contributed by atoms with Gasteiger partial charge in [-0.05, 0) is 25.3 Å². The lowest BCUT2D eigenvalue weighted by Crippen LogP contribution is -2.40. The van der Waals surface area contributed by atoms with E-state index in [0.29, 0.717) is 12.1 Å². The van der Waals surface area contributed by atoms with Gasteiger partial charge in [0.2, 0.25) is 0 Å². The van der Waals surface area contributed by atoms with E-state index >= 15 is 0 Å². The average molecular weight is 354 g/mol. The van der Waals surface area contributed by atoms with Crippen LogP contribution in [0.3, 0.4) is 0 Å². The minimum absolute atomic E-state index is 0.177. The molecule has 8 heteroatoms. The maximum absolute atomic E-state index is 12.5. The number of fused-ring (bicyclic) bond motifs is 1. The number of aryl methyl sites for hydroxylation is 2. The number of aromatic amines is 1. The molecule has 1 amide bonds. The molecule has 0 aliphatic rings. The zero-order valence-corrected chi connectivity index (χ0v) is 14.1. The van der Waals surface area contributed by atoms with Crippen molar-refractivity contribution in [3.63, 3.8) is 0 Å². The lowest BCUT2D eigenvalue weighted by atomic mass is 10.1. The van der Waals surface area contributed by atoms with Gasteiger partial charge in [-0.15, -0.1) is 0 Å². The van der Waals surface area contributed by atoms with Crippen LogP contribution >= 0.6 is 0 Å². The quantitative estimate of drug-likeness (QED) is 0.611. The highest BCUT2D eigenvalue weighted by Gasteiger charge is 2.22. The fraction of sp³-hybridized carbons (Fsp3) is 0.222. The number of rotatable bonds is 6. The molecule has 2 heterocycles. The Morgan fingerprint density at radius 2 is 2.00 bits per heavy atom. The number of nitrogens with zero attached hydrogens (tertiary/aromatic N) is 2. The summed E-state index contributed by atoms with van der Waals surface area (Å²) in [5.74, 6) is -1.94. The van der Waals surface area contributed by atoms with Crippen LogP contribution in [0.5, 0.6) is 0 Å². The summed E-state index contributed by atoms with van der Waals surface area (Å²) in [7, 11) is 0. The number of H-pyrrole nitrogens is 1. The Morgan fingerprint density at radius 3 is 2.69 bits per heavy atom. The molecule has 0 fully saturated rings. The highest BCUT2D eigenvalue weighted by Crippen LogP contribution is 2.10. The maximum Gasteiger partial charge on any atom is 0.325 e. The number of carbonyl (C=O) groups is 2. The number of aliphatic carboxylic acids is 1. The standard InChI is InChI=1S/C18H18N4O4/c1-11(18(25)26)21-17(24)15-14(23)9-13(22-16(15)19-10-20-22)8-7-12-5-3-2-4-6-12/h2-6,9-11H,7-8H2,1H3,(H,19,20)(H,21,24)(H,25,26)/t11-/m1/s1. The van der Waals surface area contributed by atoms with Crippen LogP contribution in [0.15, 0.2) is 47.5 Å². The fourth-order valence-electron chi connectivity index (χ4n) is 2.71. The number of carbonyl (C=O) groups excluding carboxylic acids is 1. The minimum atomic E-state index is -1.18. The fourth-order valence-corrected chi connectivity index (χ4v) is 2.71. The molecule has 3 rings (SSSR count). The van der Waals surface area contributed by atoms with Gasteiger partial charge < -0.3 is 10.4 Å². The predicted molar refractivity (Wildman–Crippen MR) is 94.2 cm³/mol. The van der Waals surface area contributed by atoms with Gasteiger partial charge in [0.05, 0.1) is 0 Å². The van der Waals surface area contributed by atoms with Gasteiger partial charge in [-0.25, -0.2) is 9.50 Å². The van der Waals surface area contributed by atoms with Crippen LogP contribution < -0.4 is 10.7 Å². The third kappa shape index (κ3) is 3.49. The highest BCUT2D eigenvalue weighted by molar-refractivity contribution is 6.01. The summed E-state index contributed by atoms with van der Waals surface area (Å²) in [6.45, 7) is 1.33. The number of hydrogen-bond donors (Lipinski definition) is 3. The molecular formula is C18H18N4O4. The summed E-state index contributed by atoms with van der Waals surface area (Å²) in [5.41, 5.74) is 1.33. The van der Waals surface area contributed by atoms with Crippen LogP contribution in [0.1, 0.15) is 28.5 Å². The zero-order chi connectivity index (χ0) is 18.7. The van der Waals surface area contributed by atoms with E-state index < -0.39 is 23.3 Å². The summed E-state index contributed by atoms with van der Waals surface area (Å²) in [4.78, 5) is 39.8. The number of nitrogens with one attached hydrogen (secondary N) is 2. The van der Waals surface area contributed by atoms with Crippen molar-refractivity contribution in [1.82, 2.24) is 19.9 Å². The number of carboxylic acids is 1. The van der Waals surface area contributed by atoms with Gasteiger partial charge in [0.25, 0.3) is 5.91 Å². The van der Waals surface area contributed by atoms with Gasteiger partial charge in [-0.2, -0.15) is 0 Å². The van der Waals surface area contributed by atoms with Gasteiger partial charge in [0.15, 0.2) is 11.1 Å². The first-order valence-corrected chi connectivity index (χ1v) is 8.13. The first kappa shape index (κ1) is 17.4. The number of hydrogen-bond acceptors (Lipinski definition) is 4. The molecule has 1 atom stereocenters. The highest BCUT2D eigenvalue weighted by atomic mass is 16.4. The van der Waals surface area contributed by atoms with Crippen molar-refractivity contribution in [2.24, 2.45) is 0 Å². The first-order chi connectivity index (χ1) is 12.5. The minimum Gasteiger partial charge on any atom is -0.480 e. The monoisotopic (exact) mass is 354 g/mol. The van der Waals surface area contributed by atoms with Crippen molar-refractivity contribution < 1.29 is 14.7 Å². The van der Waals surface area contributed by atoms with Gasteiger partial charge in [0, 0.05) is 11.8 Å². The van der Waals surface area contributed by atoms with Crippen molar-refractivity contribution in [2.75, 3.05) is 0 Å². The van der Waals surface area contributed by atoms with E-state index in [1.54, 1.807) is 4.52 Å². The van der Waals surface area contributed by atoms with Crippen LogP contribution in [-0.4, -0.2) is 37.6 Å². The molecular weight excluding hydrogens is 336 g/mol. The molecule has 0 spiro atoms. The van der Waals surface area contributed by atoms with E-state index in [0.717, 1.165) is 12.0 Å². The molecule has 8 nitrogen and oxygen atoms in total. The zero-order valence-electron chi connectivity index (χ0n) is 14.1. The number of aromatic nitrogens is 3. The maximum atomic E-state index is 12.5. The molecule has 26 heavy (non-hydrogen) atoms. The second-order valence-electron chi connectivity index (χ2n) is 5.94. The van der Waals surface area contributed by atoms with Gasteiger partial charge in [-0.3, -0.25) is 19.5 Å². The molecule has 1 aromatic carbocycles. The normalized spacial score (nSPS) is 12.0. The first-order valence-electron chi connectivity index (χ1n) is 8.13. The molecule has 0 saturated heterocycles. The van der Waals surface area contributed by atoms with E-state index in [2.05, 4.69) is 15.4 Å². The van der Waals surface area contributed by atoms with Crippen LogP contribution in [0, 0.1) is 0 Å². The van der Waals surface area contributed by atoms with Crippen molar-refractivity contribution in [1.29, 1.82) is 0 Å². The lowest BCUT2D eigenvalue weighted by Gasteiger charge is -2.11. The molecule has 3 aromatic rings. The van der Waals surface area contributed by atoms with Crippen molar-refractivity contribution in [3.05, 3.63) is 69.8 Å². The molecule has 0 aliphatic carbocycles. The summed E-state index contributed by atoms with van der Waals surface area (Å²) >= 11 is 0. The second-order valence-corrected chi connectivity index (χ2v) is 5.94. The Bertz CT molecular complexity index is 1010. The van der Waals surface area contributed by atoms with Crippen LogP contribution in [0.25, 0.3) is 5.65 Å². The van der Waals surface area contributed by atoms with Crippen LogP contribution in [-0.2, 0) is 17.6 Å².